The number of sulfonamides is 1. The smallest absolute Gasteiger partial charge is 0.308 e. The molecule has 2 aromatic carbocycles. The Morgan fingerprint density at radius 3 is 2.30 bits per heavy atom. The number of ether oxygens (including phenoxy) is 1. The number of likely N-dealkylation sites (N-methyl/N-ethyl adjacent to an activating group) is 1. The molecule has 1 atom stereocenters. The minimum atomic E-state index is -3.94. The van der Waals surface area contributed by atoms with E-state index in [1.165, 1.54) is 37.4 Å². The Labute approximate surface area is 192 Å². The molecule has 11 heteroatoms. The summed E-state index contributed by atoms with van der Waals surface area (Å²) in [6.07, 6.45) is -0.770. The van der Waals surface area contributed by atoms with E-state index in [-0.39, 0.29) is 22.6 Å². The molecule has 0 heterocycles. The number of benzene rings is 2. The van der Waals surface area contributed by atoms with Crippen molar-refractivity contribution in [3.63, 3.8) is 0 Å². The molecule has 178 valence electrons. The van der Waals surface area contributed by atoms with E-state index in [0.29, 0.717) is 0 Å². The lowest BCUT2D eigenvalue weighted by Crippen LogP contribution is -2.40. The van der Waals surface area contributed by atoms with Crippen molar-refractivity contribution in [3.8, 4) is 0 Å². The fourth-order valence-corrected chi connectivity index (χ4v) is 4.21. The molecule has 0 fully saturated rings. The number of nitro benzene ring substituents is 1. The second-order valence-electron chi connectivity index (χ2n) is 7.75. The van der Waals surface area contributed by atoms with Crippen LogP contribution in [-0.2, 0) is 24.3 Å². The third kappa shape index (κ3) is 7.09. The van der Waals surface area contributed by atoms with Crippen LogP contribution in [0.3, 0.4) is 0 Å². The van der Waals surface area contributed by atoms with Crippen LogP contribution in [0.5, 0.6) is 0 Å². The number of hydrogen-bond donors (Lipinski definition) is 1. The molecule has 33 heavy (non-hydrogen) atoms. The topological polar surface area (TPSA) is 136 Å². The third-order valence-corrected chi connectivity index (χ3v) is 6.50. The van der Waals surface area contributed by atoms with Crippen LogP contribution in [0.25, 0.3) is 0 Å². The second kappa shape index (κ2) is 11.0. The van der Waals surface area contributed by atoms with Gasteiger partial charge in [-0.05, 0) is 32.9 Å². The summed E-state index contributed by atoms with van der Waals surface area (Å²) in [5.74, 6) is -1.39. The Balaban J connectivity index is 2.24. The van der Waals surface area contributed by atoms with Gasteiger partial charge in [-0.15, -0.1) is 0 Å². The number of esters is 1. The van der Waals surface area contributed by atoms with Crippen molar-refractivity contribution in [1.29, 1.82) is 0 Å². The van der Waals surface area contributed by atoms with E-state index in [2.05, 4.69) is 5.32 Å². The second-order valence-corrected chi connectivity index (χ2v) is 9.80. The van der Waals surface area contributed by atoms with Crippen LogP contribution < -0.4 is 5.32 Å². The molecule has 0 saturated heterocycles. The Bertz CT molecular complexity index is 1120. The molecule has 0 aliphatic rings. The highest BCUT2D eigenvalue weighted by Crippen LogP contribution is 2.27. The molecule has 0 aliphatic heterocycles. The van der Waals surface area contributed by atoms with Crippen LogP contribution in [0.15, 0.2) is 53.4 Å². The zero-order valence-electron chi connectivity index (χ0n) is 18.8. The van der Waals surface area contributed by atoms with Gasteiger partial charge in [-0.3, -0.25) is 19.7 Å². The van der Waals surface area contributed by atoms with Gasteiger partial charge in [0.1, 0.15) is 0 Å². The van der Waals surface area contributed by atoms with Gasteiger partial charge < -0.3 is 10.1 Å². The number of nitrogens with zero attached hydrogens (tertiary/aromatic N) is 2. The van der Waals surface area contributed by atoms with Crippen molar-refractivity contribution in [2.45, 2.75) is 44.2 Å². The molecule has 2 rings (SSSR count). The molecule has 0 aliphatic carbocycles. The summed E-state index contributed by atoms with van der Waals surface area (Å²) in [5, 5.41) is 14.0. The minimum absolute atomic E-state index is 0.0270. The molecule has 0 aromatic heterocycles. The Kier molecular flexibility index (Phi) is 8.66. The van der Waals surface area contributed by atoms with E-state index in [1.54, 1.807) is 32.0 Å². The number of nitro groups is 1. The van der Waals surface area contributed by atoms with Crippen molar-refractivity contribution in [1.82, 2.24) is 9.62 Å². The lowest BCUT2D eigenvalue weighted by Gasteiger charge is -2.22. The van der Waals surface area contributed by atoms with Gasteiger partial charge in [0.05, 0.1) is 40.5 Å². The number of carbonyl (C=O) groups excluding carboxylic acids is 2. The summed E-state index contributed by atoms with van der Waals surface area (Å²) in [5.41, 5.74) is 0.719. The zero-order chi connectivity index (χ0) is 24.8. The highest BCUT2D eigenvalue weighted by molar-refractivity contribution is 7.89. The van der Waals surface area contributed by atoms with Gasteiger partial charge in [-0.2, -0.15) is 4.31 Å². The maximum atomic E-state index is 12.8. The largest absolute Gasteiger partial charge is 0.463 e. The molecule has 1 N–H and O–H groups in total. The van der Waals surface area contributed by atoms with Gasteiger partial charge in [0.25, 0.3) is 5.69 Å². The average Bonchev–Trinajstić information content (AvgIpc) is 2.72. The molecule has 1 amide bonds. The molecule has 0 spiro atoms. The van der Waals surface area contributed by atoms with Crippen LogP contribution >= 0.6 is 0 Å². The maximum absolute atomic E-state index is 12.8. The zero-order valence-corrected chi connectivity index (χ0v) is 19.7. The summed E-state index contributed by atoms with van der Waals surface area (Å²) < 4.78 is 31.5. The highest BCUT2D eigenvalue weighted by Gasteiger charge is 2.29. The molecular weight excluding hydrogens is 450 g/mol. The van der Waals surface area contributed by atoms with Gasteiger partial charge in [-0.1, -0.05) is 35.9 Å². The molecule has 0 saturated carbocycles. The summed E-state index contributed by atoms with van der Waals surface area (Å²) in [4.78, 5) is 35.8. The van der Waals surface area contributed by atoms with Gasteiger partial charge in [0.2, 0.25) is 15.9 Å². The first-order valence-electron chi connectivity index (χ1n) is 10.2. The maximum Gasteiger partial charge on any atom is 0.308 e. The first kappa shape index (κ1) is 25.9. The number of nitrogens with one attached hydrogen (secondary N) is 1. The summed E-state index contributed by atoms with van der Waals surface area (Å²) in [7, 11) is -2.69. The Hall–Kier alpha value is -3.31. The predicted octanol–water partition coefficient (Wildman–Crippen LogP) is 2.72. The fraction of sp³-hybridized carbons (Fsp3) is 0.364. The average molecular weight is 478 g/mol. The SMILES string of the molecule is Cc1ccc(S(=O)(=O)N(C)CC(=O)NC(CC(=O)OC(C)C)c2ccccc2[N+](=O)[O-])cc1. The standard InChI is InChI=1S/C22H27N3O7S/c1-15(2)32-22(27)13-19(18-7-5-6-8-20(18)25(28)29)23-21(26)14-24(4)33(30,31)17-11-9-16(3)10-12-17/h5-12,15,19H,13-14H2,1-4H3,(H,23,26). The number of rotatable bonds is 10. The summed E-state index contributed by atoms with van der Waals surface area (Å²) >= 11 is 0. The molecule has 1 unspecified atom stereocenters. The molecule has 10 nitrogen and oxygen atoms in total. The van der Waals surface area contributed by atoms with Crippen molar-refractivity contribution < 1.29 is 27.7 Å². The lowest BCUT2D eigenvalue weighted by molar-refractivity contribution is -0.385. The Morgan fingerprint density at radius 2 is 1.73 bits per heavy atom. The van der Waals surface area contributed by atoms with Crippen LogP contribution in [0.4, 0.5) is 5.69 Å². The quantitative estimate of drug-likeness (QED) is 0.316. The molecule has 0 bridgehead atoms. The van der Waals surface area contributed by atoms with Crippen LogP contribution in [-0.4, -0.2) is 49.2 Å². The van der Waals surface area contributed by atoms with Gasteiger partial charge in [-0.25, -0.2) is 8.42 Å². The molecule has 0 radical (unpaired) electrons. The van der Waals surface area contributed by atoms with Gasteiger partial charge in [0, 0.05) is 13.1 Å². The van der Waals surface area contributed by atoms with Gasteiger partial charge in [0.15, 0.2) is 0 Å². The summed E-state index contributed by atoms with van der Waals surface area (Å²) in [6.45, 7) is 4.58. The van der Waals surface area contributed by atoms with E-state index in [0.717, 1.165) is 9.87 Å². The lowest BCUT2D eigenvalue weighted by atomic mass is 10.0. The van der Waals surface area contributed by atoms with Gasteiger partial charge >= 0.3 is 5.97 Å². The van der Waals surface area contributed by atoms with Crippen molar-refractivity contribution in [2.24, 2.45) is 0 Å². The van der Waals surface area contributed by atoms with E-state index in [4.69, 9.17) is 4.74 Å². The van der Waals surface area contributed by atoms with E-state index in [9.17, 15) is 28.1 Å². The third-order valence-electron chi connectivity index (χ3n) is 4.68. The van der Waals surface area contributed by atoms with E-state index >= 15 is 0 Å². The summed E-state index contributed by atoms with van der Waals surface area (Å²) in [6, 6.07) is 10.8. The number of hydrogen-bond acceptors (Lipinski definition) is 7. The van der Waals surface area contributed by atoms with Crippen molar-refractivity contribution in [3.05, 3.63) is 69.8 Å². The van der Waals surface area contributed by atoms with Crippen LogP contribution in [0.1, 0.15) is 37.4 Å². The minimum Gasteiger partial charge on any atom is -0.463 e. The first-order valence-corrected chi connectivity index (χ1v) is 11.6. The Morgan fingerprint density at radius 1 is 1.12 bits per heavy atom. The van der Waals surface area contributed by atoms with Crippen molar-refractivity contribution >= 4 is 27.6 Å². The molecule has 2 aromatic rings. The van der Waals surface area contributed by atoms with Crippen molar-refractivity contribution in [2.75, 3.05) is 13.6 Å². The number of aryl methyl sites for hydroxylation is 1. The first-order chi connectivity index (χ1) is 15.4. The van der Waals surface area contributed by atoms with E-state index < -0.39 is 45.5 Å². The highest BCUT2D eigenvalue weighted by atomic mass is 32.2. The number of amides is 1. The predicted molar refractivity (Wildman–Crippen MR) is 121 cm³/mol. The fourth-order valence-electron chi connectivity index (χ4n) is 3.08. The van der Waals surface area contributed by atoms with Crippen LogP contribution in [0.2, 0.25) is 0 Å². The normalized spacial score (nSPS) is 12.4. The van der Waals surface area contributed by atoms with Crippen LogP contribution in [0, 0.1) is 17.0 Å². The molecular formula is C22H27N3O7S. The van der Waals surface area contributed by atoms with E-state index in [1.807, 2.05) is 6.92 Å². The number of para-hydroxylation sites is 1. The number of carbonyl (C=O) groups is 2. The monoisotopic (exact) mass is 477 g/mol.